The maximum Gasteiger partial charge on any atom is 0.323 e. The van der Waals surface area contributed by atoms with Gasteiger partial charge in [0.25, 0.3) is 0 Å². The van der Waals surface area contributed by atoms with Crippen LogP contribution >= 0.6 is 0 Å². The van der Waals surface area contributed by atoms with Gasteiger partial charge in [-0.3, -0.25) is 9.69 Å². The number of benzene rings is 2. The molecule has 4 aromatic rings. The molecule has 1 saturated heterocycles. The highest BCUT2D eigenvalue weighted by molar-refractivity contribution is 6.00. The van der Waals surface area contributed by atoms with Crippen LogP contribution in [0.15, 0.2) is 48.8 Å². The van der Waals surface area contributed by atoms with Crippen LogP contribution in [0.25, 0.3) is 16.6 Å². The van der Waals surface area contributed by atoms with Crippen molar-refractivity contribution in [2.75, 3.05) is 42.5 Å². The summed E-state index contributed by atoms with van der Waals surface area (Å²) in [6.45, 7) is 6.61. The number of urea groups is 1. The van der Waals surface area contributed by atoms with Crippen molar-refractivity contribution in [3.05, 3.63) is 71.7 Å². The molecule has 0 aliphatic carbocycles. The Bertz CT molecular complexity index is 1560. The fourth-order valence-corrected chi connectivity index (χ4v) is 4.71. The third-order valence-electron chi connectivity index (χ3n) is 6.76. The largest absolute Gasteiger partial charge is 0.382 e. The Kier molecular flexibility index (Phi) is 7.11. The van der Waals surface area contributed by atoms with Crippen LogP contribution in [0, 0.1) is 18.6 Å². The molecule has 0 spiro atoms. The zero-order valence-electron chi connectivity index (χ0n) is 21.5. The number of hydrogen-bond acceptors (Lipinski definition) is 6. The molecule has 0 atom stereocenters. The van der Waals surface area contributed by atoms with E-state index in [0.29, 0.717) is 49.4 Å². The van der Waals surface area contributed by atoms with E-state index >= 15 is 4.39 Å². The van der Waals surface area contributed by atoms with Gasteiger partial charge in [0, 0.05) is 45.2 Å². The van der Waals surface area contributed by atoms with Crippen LogP contribution in [0.3, 0.4) is 0 Å². The summed E-state index contributed by atoms with van der Waals surface area (Å²) >= 11 is 0. The molecule has 3 heterocycles. The van der Waals surface area contributed by atoms with E-state index in [2.05, 4.69) is 25.6 Å². The van der Waals surface area contributed by atoms with Crippen LogP contribution in [0.1, 0.15) is 18.2 Å². The van der Waals surface area contributed by atoms with E-state index < -0.39 is 17.7 Å². The summed E-state index contributed by atoms with van der Waals surface area (Å²) in [5.74, 6) is -0.965. The SMILES string of the molecule is CC(=O)N1CCN(Cc2cc(-c3ccc(NC(=O)Nc4cc(C)ccc4F)c(F)c3)c3c(N)ncnn23)CC1. The van der Waals surface area contributed by atoms with Gasteiger partial charge in [-0.05, 0) is 48.4 Å². The molecule has 5 rings (SSSR count). The van der Waals surface area contributed by atoms with Crippen molar-refractivity contribution in [3.8, 4) is 11.1 Å². The number of hydrogen-bond donors (Lipinski definition) is 3. The van der Waals surface area contributed by atoms with Gasteiger partial charge in [0.1, 0.15) is 23.5 Å². The van der Waals surface area contributed by atoms with Gasteiger partial charge in [-0.2, -0.15) is 5.10 Å². The summed E-state index contributed by atoms with van der Waals surface area (Å²) in [6, 6.07) is 9.82. The summed E-state index contributed by atoms with van der Waals surface area (Å²) in [6.07, 6.45) is 1.37. The van der Waals surface area contributed by atoms with E-state index in [-0.39, 0.29) is 23.1 Å². The maximum absolute atomic E-state index is 15.1. The highest BCUT2D eigenvalue weighted by Crippen LogP contribution is 2.33. The second-order valence-electron chi connectivity index (χ2n) is 9.49. The lowest BCUT2D eigenvalue weighted by molar-refractivity contribution is -0.130. The Balaban J connectivity index is 1.37. The van der Waals surface area contributed by atoms with E-state index in [1.54, 1.807) is 30.5 Å². The normalized spacial score (nSPS) is 14.0. The summed E-state index contributed by atoms with van der Waals surface area (Å²) in [7, 11) is 0. The van der Waals surface area contributed by atoms with Crippen molar-refractivity contribution in [3.63, 3.8) is 0 Å². The molecule has 0 unspecified atom stereocenters. The number of fused-ring (bicyclic) bond motifs is 1. The first kappa shape index (κ1) is 26.0. The van der Waals surface area contributed by atoms with Crippen molar-refractivity contribution in [2.24, 2.45) is 0 Å². The average molecular weight is 535 g/mol. The number of carbonyl (C=O) groups is 2. The number of nitrogens with zero attached hydrogens (tertiary/aromatic N) is 5. The number of anilines is 3. The van der Waals surface area contributed by atoms with E-state index in [0.717, 1.165) is 11.3 Å². The van der Waals surface area contributed by atoms with Crippen molar-refractivity contribution < 1.29 is 18.4 Å². The van der Waals surface area contributed by atoms with Gasteiger partial charge in [0.2, 0.25) is 5.91 Å². The number of nitrogens with two attached hydrogens (primary N) is 1. The number of halogens is 2. The lowest BCUT2D eigenvalue weighted by atomic mass is 10.1. The van der Waals surface area contributed by atoms with Crippen molar-refractivity contribution in [1.29, 1.82) is 0 Å². The van der Waals surface area contributed by atoms with Crippen molar-refractivity contribution in [2.45, 2.75) is 20.4 Å². The number of carbonyl (C=O) groups excluding carboxylic acids is 2. The van der Waals surface area contributed by atoms with Gasteiger partial charge in [0.05, 0.1) is 17.1 Å². The maximum atomic E-state index is 15.1. The molecule has 39 heavy (non-hydrogen) atoms. The summed E-state index contributed by atoms with van der Waals surface area (Å²) in [5.41, 5.74) is 9.44. The molecular formula is C27H28F2N8O2. The van der Waals surface area contributed by atoms with E-state index in [1.165, 1.54) is 30.6 Å². The molecule has 3 amide bonds. The summed E-state index contributed by atoms with van der Waals surface area (Å²) < 4.78 is 30.8. The summed E-state index contributed by atoms with van der Waals surface area (Å²) in [5, 5.41) is 9.20. The molecule has 4 N–H and O–H groups in total. The average Bonchev–Trinajstić information content (AvgIpc) is 3.27. The van der Waals surface area contributed by atoms with Crippen LogP contribution in [-0.2, 0) is 11.3 Å². The van der Waals surface area contributed by atoms with Crippen LogP contribution < -0.4 is 16.4 Å². The van der Waals surface area contributed by atoms with Crippen LogP contribution in [0.2, 0.25) is 0 Å². The molecule has 0 radical (unpaired) electrons. The van der Waals surface area contributed by atoms with E-state index in [4.69, 9.17) is 5.73 Å². The number of aromatic nitrogens is 3. The molecule has 1 aliphatic rings. The lowest BCUT2D eigenvalue weighted by Crippen LogP contribution is -2.47. The fourth-order valence-electron chi connectivity index (χ4n) is 4.71. The highest BCUT2D eigenvalue weighted by atomic mass is 19.1. The molecule has 2 aromatic heterocycles. The van der Waals surface area contributed by atoms with Gasteiger partial charge in [0.15, 0.2) is 5.82 Å². The Morgan fingerprint density at radius 3 is 2.44 bits per heavy atom. The second kappa shape index (κ2) is 10.7. The molecule has 1 aliphatic heterocycles. The highest BCUT2D eigenvalue weighted by Gasteiger charge is 2.22. The number of rotatable bonds is 5. The standard InChI is InChI=1S/C27H28F2N8O2/c1-16-3-5-21(28)24(11-16)34-27(39)33-23-6-4-18(12-22(23)29)20-13-19(37-25(20)26(30)31-15-32-37)14-35-7-9-36(10-8-35)17(2)38/h3-6,11-13,15H,7-10,14H2,1-2H3,(H2,30,31,32)(H2,33,34,39). The number of nitrogens with one attached hydrogen (secondary N) is 2. The molecule has 10 nitrogen and oxygen atoms in total. The molecule has 202 valence electrons. The van der Waals surface area contributed by atoms with Crippen molar-refractivity contribution in [1.82, 2.24) is 24.4 Å². The number of piperazine rings is 1. The van der Waals surface area contributed by atoms with Gasteiger partial charge in [-0.15, -0.1) is 0 Å². The molecular weight excluding hydrogens is 506 g/mol. The minimum Gasteiger partial charge on any atom is -0.382 e. The Hall–Kier alpha value is -4.58. The van der Waals surface area contributed by atoms with Gasteiger partial charge in [-0.25, -0.2) is 23.1 Å². The third-order valence-corrected chi connectivity index (χ3v) is 6.76. The molecule has 2 aromatic carbocycles. The summed E-state index contributed by atoms with van der Waals surface area (Å²) in [4.78, 5) is 32.2. The first-order valence-electron chi connectivity index (χ1n) is 12.4. The van der Waals surface area contributed by atoms with E-state index in [1.807, 2.05) is 11.0 Å². The number of amides is 3. The predicted octanol–water partition coefficient (Wildman–Crippen LogP) is 3.87. The Morgan fingerprint density at radius 2 is 1.72 bits per heavy atom. The zero-order chi connectivity index (χ0) is 27.7. The topological polar surface area (TPSA) is 121 Å². The fraction of sp³-hybridized carbons (Fsp3) is 0.259. The molecule has 0 saturated carbocycles. The van der Waals surface area contributed by atoms with Gasteiger partial charge >= 0.3 is 6.03 Å². The quantitative estimate of drug-likeness (QED) is 0.358. The monoisotopic (exact) mass is 534 g/mol. The van der Waals surface area contributed by atoms with E-state index in [9.17, 15) is 14.0 Å². The van der Waals surface area contributed by atoms with Crippen LogP contribution in [0.4, 0.5) is 30.8 Å². The second-order valence-corrected chi connectivity index (χ2v) is 9.49. The van der Waals surface area contributed by atoms with Gasteiger partial charge < -0.3 is 21.3 Å². The van der Waals surface area contributed by atoms with Gasteiger partial charge in [-0.1, -0.05) is 12.1 Å². The number of nitrogen functional groups attached to an aromatic ring is 1. The lowest BCUT2D eigenvalue weighted by Gasteiger charge is -2.33. The first-order valence-corrected chi connectivity index (χ1v) is 12.4. The molecule has 1 fully saturated rings. The molecule has 12 heteroatoms. The third kappa shape index (κ3) is 5.50. The number of aryl methyl sites for hydroxylation is 1. The predicted molar refractivity (Wildman–Crippen MR) is 144 cm³/mol. The first-order chi connectivity index (χ1) is 18.7. The van der Waals surface area contributed by atoms with Crippen LogP contribution in [-0.4, -0.2) is 62.5 Å². The Morgan fingerprint density at radius 1 is 0.974 bits per heavy atom. The molecule has 0 bridgehead atoms. The minimum atomic E-state index is -0.773. The smallest absolute Gasteiger partial charge is 0.323 e. The van der Waals surface area contributed by atoms with Crippen LogP contribution in [0.5, 0.6) is 0 Å². The minimum absolute atomic E-state index is 0.00415. The Labute approximate surface area is 223 Å². The van der Waals surface area contributed by atoms with Crippen molar-refractivity contribution >= 4 is 34.6 Å². The zero-order valence-corrected chi connectivity index (χ0v) is 21.5.